The summed E-state index contributed by atoms with van der Waals surface area (Å²) in [7, 11) is -1.68. The van der Waals surface area contributed by atoms with Crippen molar-refractivity contribution in [3.63, 3.8) is 0 Å². The van der Waals surface area contributed by atoms with E-state index in [-0.39, 0.29) is 27.9 Å². The number of benzene rings is 2. The molecule has 3 rings (SSSR count). The molecular formula is C20H20Cl2N2O6S. The first kappa shape index (κ1) is 23.6. The van der Waals surface area contributed by atoms with E-state index in [9.17, 15) is 18.0 Å². The number of rotatable bonds is 8. The van der Waals surface area contributed by atoms with Crippen LogP contribution in [0.5, 0.6) is 0 Å². The van der Waals surface area contributed by atoms with E-state index in [1.807, 2.05) is 0 Å². The Morgan fingerprint density at radius 3 is 2.35 bits per heavy atom. The summed E-state index contributed by atoms with van der Waals surface area (Å²) in [5.41, 5.74) is 0.355. The standard InChI is InChI=1S/C20H20Cl2N2O6S/c1-29-19(30-2)12-23(31(27,28)17-10-13(21)8-9-15(17)22)16-11-18(25)24(20(16)26)14-6-4-3-5-7-14/h3-10,16,19H,11-12H2,1-2H3. The second-order valence-corrected chi connectivity index (χ2v) is 9.38. The van der Waals surface area contributed by atoms with Gasteiger partial charge in [-0.3, -0.25) is 9.59 Å². The number of para-hydroxylation sites is 1. The first-order chi connectivity index (χ1) is 14.7. The highest BCUT2D eigenvalue weighted by Crippen LogP contribution is 2.33. The van der Waals surface area contributed by atoms with Crippen molar-refractivity contribution >= 4 is 50.7 Å². The summed E-state index contributed by atoms with van der Waals surface area (Å²) in [6.45, 7) is -0.343. The Bertz CT molecular complexity index is 1080. The number of methoxy groups -OCH3 is 2. The van der Waals surface area contributed by atoms with Crippen LogP contribution < -0.4 is 4.90 Å². The first-order valence-corrected chi connectivity index (χ1v) is 11.3. The van der Waals surface area contributed by atoms with Crippen molar-refractivity contribution in [2.75, 3.05) is 25.7 Å². The van der Waals surface area contributed by atoms with Crippen LogP contribution >= 0.6 is 23.2 Å². The number of carbonyl (C=O) groups excluding carboxylic acids is 2. The van der Waals surface area contributed by atoms with Crippen molar-refractivity contribution < 1.29 is 27.5 Å². The van der Waals surface area contributed by atoms with Crippen molar-refractivity contribution in [1.82, 2.24) is 4.31 Å². The zero-order valence-corrected chi connectivity index (χ0v) is 19.0. The Morgan fingerprint density at radius 1 is 1.10 bits per heavy atom. The van der Waals surface area contributed by atoms with E-state index in [0.717, 1.165) is 9.21 Å². The fraction of sp³-hybridized carbons (Fsp3) is 0.300. The third-order valence-electron chi connectivity index (χ3n) is 4.82. The summed E-state index contributed by atoms with van der Waals surface area (Å²) in [4.78, 5) is 26.6. The summed E-state index contributed by atoms with van der Waals surface area (Å²) in [6, 6.07) is 11.0. The van der Waals surface area contributed by atoms with Crippen LogP contribution in [-0.2, 0) is 29.1 Å². The van der Waals surface area contributed by atoms with Crippen LogP contribution in [0.2, 0.25) is 10.0 Å². The molecule has 1 aliphatic heterocycles. The van der Waals surface area contributed by atoms with E-state index in [2.05, 4.69) is 0 Å². The zero-order valence-electron chi connectivity index (χ0n) is 16.7. The van der Waals surface area contributed by atoms with E-state index in [4.69, 9.17) is 32.7 Å². The molecule has 0 bridgehead atoms. The quantitative estimate of drug-likeness (QED) is 0.420. The van der Waals surface area contributed by atoms with Gasteiger partial charge >= 0.3 is 0 Å². The van der Waals surface area contributed by atoms with Gasteiger partial charge in [-0.1, -0.05) is 41.4 Å². The van der Waals surface area contributed by atoms with E-state index in [1.54, 1.807) is 30.3 Å². The fourth-order valence-corrected chi connectivity index (χ4v) is 5.58. The Hall–Kier alpha value is -2.01. The lowest BCUT2D eigenvalue weighted by Gasteiger charge is -2.29. The monoisotopic (exact) mass is 486 g/mol. The first-order valence-electron chi connectivity index (χ1n) is 9.15. The number of nitrogens with zero attached hydrogens (tertiary/aromatic N) is 2. The molecule has 1 heterocycles. The summed E-state index contributed by atoms with van der Waals surface area (Å²) < 4.78 is 38.3. The smallest absolute Gasteiger partial charge is 0.252 e. The van der Waals surface area contributed by atoms with Crippen LogP contribution in [0.4, 0.5) is 5.69 Å². The predicted octanol–water partition coefficient (Wildman–Crippen LogP) is 2.94. The highest BCUT2D eigenvalue weighted by atomic mass is 35.5. The summed E-state index contributed by atoms with van der Waals surface area (Å²) >= 11 is 12.1. The number of sulfonamides is 1. The summed E-state index contributed by atoms with van der Waals surface area (Å²) in [5, 5.41) is 0.0789. The number of hydrogen-bond donors (Lipinski definition) is 0. The molecular weight excluding hydrogens is 467 g/mol. The van der Waals surface area contributed by atoms with Gasteiger partial charge in [0, 0.05) is 19.2 Å². The van der Waals surface area contributed by atoms with Gasteiger partial charge < -0.3 is 9.47 Å². The molecule has 2 aromatic rings. The van der Waals surface area contributed by atoms with Crippen LogP contribution in [-0.4, -0.2) is 57.6 Å². The Morgan fingerprint density at radius 2 is 1.74 bits per heavy atom. The van der Waals surface area contributed by atoms with Crippen molar-refractivity contribution in [2.24, 2.45) is 0 Å². The molecule has 166 valence electrons. The maximum Gasteiger partial charge on any atom is 0.252 e. The van der Waals surface area contributed by atoms with E-state index < -0.39 is 34.2 Å². The average Bonchev–Trinajstić information content (AvgIpc) is 3.04. The lowest BCUT2D eigenvalue weighted by atomic mass is 10.2. The van der Waals surface area contributed by atoms with Crippen LogP contribution in [0.1, 0.15) is 6.42 Å². The minimum Gasteiger partial charge on any atom is -0.354 e. The van der Waals surface area contributed by atoms with Crippen molar-refractivity contribution in [3.8, 4) is 0 Å². The number of hydrogen-bond acceptors (Lipinski definition) is 6. The van der Waals surface area contributed by atoms with Gasteiger partial charge in [0.2, 0.25) is 15.9 Å². The second kappa shape index (κ2) is 9.64. The molecule has 0 spiro atoms. The van der Waals surface area contributed by atoms with Crippen molar-refractivity contribution in [1.29, 1.82) is 0 Å². The predicted molar refractivity (Wildman–Crippen MR) is 115 cm³/mol. The molecule has 1 unspecified atom stereocenters. The summed E-state index contributed by atoms with van der Waals surface area (Å²) in [5.74, 6) is -1.20. The zero-order chi connectivity index (χ0) is 22.8. The third kappa shape index (κ3) is 4.77. The number of ether oxygens (including phenoxy) is 2. The van der Waals surface area contributed by atoms with Gasteiger partial charge in [-0.15, -0.1) is 0 Å². The number of amides is 2. The van der Waals surface area contributed by atoms with Gasteiger partial charge in [0.05, 0.1) is 23.7 Å². The fourth-order valence-electron chi connectivity index (χ4n) is 3.28. The van der Waals surface area contributed by atoms with E-state index in [0.29, 0.717) is 5.69 Å². The summed E-state index contributed by atoms with van der Waals surface area (Å²) in [6.07, 6.45) is -1.33. The average molecular weight is 487 g/mol. The maximum absolute atomic E-state index is 13.5. The highest BCUT2D eigenvalue weighted by molar-refractivity contribution is 7.89. The van der Waals surface area contributed by atoms with E-state index >= 15 is 0 Å². The molecule has 0 aromatic heterocycles. The molecule has 11 heteroatoms. The molecule has 1 saturated heterocycles. The van der Waals surface area contributed by atoms with Gasteiger partial charge in [-0.05, 0) is 30.3 Å². The molecule has 31 heavy (non-hydrogen) atoms. The van der Waals surface area contributed by atoms with Gasteiger partial charge in [0.25, 0.3) is 5.91 Å². The molecule has 0 aliphatic carbocycles. The number of imide groups is 1. The SMILES string of the molecule is COC(CN(C1CC(=O)N(c2ccccc2)C1=O)S(=O)(=O)c1cc(Cl)ccc1Cl)OC. The van der Waals surface area contributed by atoms with Gasteiger partial charge in [-0.2, -0.15) is 4.31 Å². The minimum atomic E-state index is -4.36. The molecule has 1 aliphatic rings. The lowest BCUT2D eigenvalue weighted by Crippen LogP contribution is -2.49. The van der Waals surface area contributed by atoms with Gasteiger partial charge in [0.1, 0.15) is 10.9 Å². The third-order valence-corrected chi connectivity index (χ3v) is 7.41. The normalized spacial score (nSPS) is 17.2. The number of halogens is 2. The van der Waals surface area contributed by atoms with Gasteiger partial charge in [-0.25, -0.2) is 13.3 Å². The van der Waals surface area contributed by atoms with E-state index in [1.165, 1.54) is 32.4 Å². The highest BCUT2D eigenvalue weighted by Gasteiger charge is 2.48. The van der Waals surface area contributed by atoms with Gasteiger partial charge in [0.15, 0.2) is 6.29 Å². The van der Waals surface area contributed by atoms with Crippen molar-refractivity contribution in [2.45, 2.75) is 23.6 Å². The van der Waals surface area contributed by atoms with Crippen LogP contribution in [0.15, 0.2) is 53.4 Å². The topological polar surface area (TPSA) is 93.2 Å². The molecule has 8 nitrogen and oxygen atoms in total. The molecule has 0 N–H and O–H groups in total. The van der Waals surface area contributed by atoms with Crippen LogP contribution in [0.3, 0.4) is 0 Å². The molecule has 2 aromatic carbocycles. The minimum absolute atomic E-state index is 0.0718. The van der Waals surface area contributed by atoms with Crippen LogP contribution in [0.25, 0.3) is 0 Å². The maximum atomic E-state index is 13.5. The van der Waals surface area contributed by atoms with Crippen LogP contribution in [0, 0.1) is 0 Å². The molecule has 1 fully saturated rings. The molecule has 1 atom stereocenters. The second-order valence-electron chi connectivity index (χ2n) is 6.67. The lowest BCUT2D eigenvalue weighted by molar-refractivity contribution is -0.125. The number of carbonyl (C=O) groups is 2. The molecule has 0 saturated carbocycles. The van der Waals surface area contributed by atoms with Crippen molar-refractivity contribution in [3.05, 3.63) is 58.6 Å². The molecule has 2 amide bonds. The Kier molecular flexibility index (Phi) is 7.35. The Balaban J connectivity index is 2.06. The number of anilines is 1. The molecule has 0 radical (unpaired) electrons. The largest absolute Gasteiger partial charge is 0.354 e. The Labute approximate surface area is 190 Å².